The van der Waals surface area contributed by atoms with E-state index in [1.165, 1.54) is 18.2 Å². The number of anilines is 3. The summed E-state index contributed by atoms with van der Waals surface area (Å²) < 4.78 is 59.2. The third-order valence-corrected chi connectivity index (χ3v) is 9.23. The molecule has 1 atom stereocenters. The van der Waals surface area contributed by atoms with Gasteiger partial charge in [0.25, 0.3) is 5.91 Å². The minimum absolute atomic E-state index is 0.0147. The standard InChI is InChI=1S/C30H34F2N6O4S/c1-19(8-13-42-3)33-28-17-22(38-11-9-37(2)10-12-38)4-6-25(28)30(39)34-29-26-18-23(5-7-27(26)35-36-29)43(40,41)24-15-20(31)14-21(32)16-24/h4-7,14-19,33H,8-13H2,1-3H3,(H2,34,35,36,39)/t19-/m1/s1. The van der Waals surface area contributed by atoms with Crippen LogP contribution in [0.5, 0.6) is 0 Å². The predicted octanol–water partition coefficient (Wildman–Crippen LogP) is 4.51. The molecule has 3 aromatic carbocycles. The van der Waals surface area contributed by atoms with Crippen LogP contribution in [-0.4, -0.2) is 82.4 Å². The van der Waals surface area contributed by atoms with Crippen molar-refractivity contribution in [2.24, 2.45) is 0 Å². The number of sulfone groups is 1. The zero-order valence-corrected chi connectivity index (χ0v) is 25.0. The van der Waals surface area contributed by atoms with E-state index in [1.54, 1.807) is 13.2 Å². The van der Waals surface area contributed by atoms with Gasteiger partial charge in [-0.05, 0) is 68.9 Å². The number of fused-ring (bicyclic) bond motifs is 1. The third kappa shape index (κ3) is 6.79. The number of H-pyrrole nitrogens is 1. The van der Waals surface area contributed by atoms with Crippen LogP contribution in [0.2, 0.25) is 0 Å². The highest BCUT2D eigenvalue weighted by atomic mass is 32.2. The molecule has 1 saturated heterocycles. The Bertz CT molecular complexity index is 1720. The van der Waals surface area contributed by atoms with Gasteiger partial charge in [0.15, 0.2) is 5.82 Å². The van der Waals surface area contributed by atoms with Crippen LogP contribution < -0.4 is 15.5 Å². The van der Waals surface area contributed by atoms with Gasteiger partial charge in [-0.25, -0.2) is 17.2 Å². The Labute approximate surface area is 248 Å². The summed E-state index contributed by atoms with van der Waals surface area (Å²) in [6, 6.07) is 11.9. The first kappa shape index (κ1) is 30.4. The van der Waals surface area contributed by atoms with Crippen LogP contribution in [-0.2, 0) is 14.6 Å². The molecule has 4 aromatic rings. The summed E-state index contributed by atoms with van der Waals surface area (Å²) in [5.74, 6) is -2.34. The molecule has 43 heavy (non-hydrogen) atoms. The van der Waals surface area contributed by atoms with Crippen LogP contribution in [0.15, 0.2) is 64.4 Å². The lowest BCUT2D eigenvalue weighted by molar-refractivity contribution is 0.102. The van der Waals surface area contributed by atoms with Crippen LogP contribution in [0.3, 0.4) is 0 Å². The molecule has 0 radical (unpaired) electrons. The lowest BCUT2D eigenvalue weighted by Crippen LogP contribution is -2.44. The smallest absolute Gasteiger partial charge is 0.258 e. The largest absolute Gasteiger partial charge is 0.385 e. The molecule has 1 aromatic heterocycles. The van der Waals surface area contributed by atoms with E-state index in [4.69, 9.17) is 4.74 Å². The zero-order valence-electron chi connectivity index (χ0n) is 24.2. The van der Waals surface area contributed by atoms with E-state index in [-0.39, 0.29) is 16.8 Å². The second-order valence-corrected chi connectivity index (χ2v) is 12.6. The number of piperazine rings is 1. The molecule has 1 fully saturated rings. The number of halogens is 2. The molecule has 228 valence electrons. The molecule has 5 rings (SSSR count). The van der Waals surface area contributed by atoms with Gasteiger partial charge in [-0.1, -0.05) is 0 Å². The van der Waals surface area contributed by atoms with Crippen molar-refractivity contribution in [2.75, 3.05) is 62.5 Å². The minimum Gasteiger partial charge on any atom is -0.385 e. The summed E-state index contributed by atoms with van der Waals surface area (Å²) in [5, 5.41) is 13.5. The SMILES string of the molecule is COCC[C@@H](C)Nc1cc(N2CCN(C)CC2)ccc1C(=O)Nc1n[nH]c2ccc(S(=O)(=O)c3cc(F)cc(F)c3)cc12. The van der Waals surface area contributed by atoms with Gasteiger partial charge < -0.3 is 25.2 Å². The molecule has 10 nitrogen and oxygen atoms in total. The van der Waals surface area contributed by atoms with E-state index < -0.39 is 32.3 Å². The number of amides is 1. The molecule has 0 bridgehead atoms. The topological polar surface area (TPSA) is 120 Å². The number of rotatable bonds is 10. The maximum absolute atomic E-state index is 13.8. The third-order valence-electron chi connectivity index (χ3n) is 7.50. The molecular weight excluding hydrogens is 578 g/mol. The van der Waals surface area contributed by atoms with Crippen molar-refractivity contribution >= 4 is 43.8 Å². The highest BCUT2D eigenvalue weighted by Crippen LogP contribution is 2.30. The van der Waals surface area contributed by atoms with Gasteiger partial charge in [-0.3, -0.25) is 9.89 Å². The average Bonchev–Trinajstić information content (AvgIpc) is 3.37. The van der Waals surface area contributed by atoms with Crippen molar-refractivity contribution in [3.63, 3.8) is 0 Å². The Morgan fingerprint density at radius 2 is 1.74 bits per heavy atom. The number of hydrogen-bond donors (Lipinski definition) is 3. The Hall–Kier alpha value is -4.07. The second-order valence-electron chi connectivity index (χ2n) is 10.7. The van der Waals surface area contributed by atoms with Crippen molar-refractivity contribution in [1.29, 1.82) is 0 Å². The van der Waals surface area contributed by atoms with Gasteiger partial charge in [0, 0.05) is 68.8 Å². The number of methoxy groups -OCH3 is 1. The number of carbonyl (C=O) groups is 1. The van der Waals surface area contributed by atoms with Gasteiger partial charge in [0.05, 0.1) is 20.9 Å². The van der Waals surface area contributed by atoms with Crippen molar-refractivity contribution in [3.05, 3.63) is 71.8 Å². The normalized spacial score (nSPS) is 15.0. The fourth-order valence-corrected chi connectivity index (χ4v) is 6.32. The van der Waals surface area contributed by atoms with E-state index in [0.29, 0.717) is 34.8 Å². The summed E-state index contributed by atoms with van der Waals surface area (Å²) in [6.07, 6.45) is 0.729. The van der Waals surface area contributed by atoms with E-state index >= 15 is 0 Å². The average molecular weight is 613 g/mol. The minimum atomic E-state index is -4.26. The van der Waals surface area contributed by atoms with E-state index in [9.17, 15) is 22.0 Å². The van der Waals surface area contributed by atoms with Gasteiger partial charge in [0.2, 0.25) is 9.84 Å². The molecule has 0 saturated carbocycles. The Morgan fingerprint density at radius 3 is 2.44 bits per heavy atom. The summed E-state index contributed by atoms with van der Waals surface area (Å²) in [5.41, 5.74) is 2.50. The maximum Gasteiger partial charge on any atom is 0.258 e. The number of carbonyl (C=O) groups excluding carboxylic acids is 1. The van der Waals surface area contributed by atoms with Gasteiger partial charge in [-0.15, -0.1) is 0 Å². The number of aromatic amines is 1. The number of aromatic nitrogens is 2. The number of nitrogens with zero attached hydrogens (tertiary/aromatic N) is 3. The number of ether oxygens (including phenoxy) is 1. The molecule has 1 amide bonds. The summed E-state index contributed by atoms with van der Waals surface area (Å²) >= 11 is 0. The molecule has 1 aliphatic rings. The quantitative estimate of drug-likeness (QED) is 0.239. The predicted molar refractivity (Wildman–Crippen MR) is 162 cm³/mol. The van der Waals surface area contributed by atoms with Crippen LogP contribution in [0, 0.1) is 11.6 Å². The number of hydrogen-bond acceptors (Lipinski definition) is 8. The molecule has 1 aliphatic heterocycles. The number of benzene rings is 3. The molecule has 0 unspecified atom stereocenters. The molecule has 13 heteroatoms. The lowest BCUT2D eigenvalue weighted by Gasteiger charge is -2.34. The van der Waals surface area contributed by atoms with E-state index in [0.717, 1.165) is 50.4 Å². The first-order chi connectivity index (χ1) is 20.5. The fourth-order valence-electron chi connectivity index (χ4n) is 4.99. The van der Waals surface area contributed by atoms with E-state index in [2.05, 4.69) is 37.7 Å². The molecule has 0 spiro atoms. The van der Waals surface area contributed by atoms with Crippen LogP contribution in [0.25, 0.3) is 10.9 Å². The summed E-state index contributed by atoms with van der Waals surface area (Å²) in [6.45, 7) is 6.18. The van der Waals surface area contributed by atoms with Gasteiger partial charge in [0.1, 0.15) is 11.6 Å². The van der Waals surface area contributed by atoms with Crippen molar-refractivity contribution in [3.8, 4) is 0 Å². The highest BCUT2D eigenvalue weighted by molar-refractivity contribution is 7.91. The Balaban J connectivity index is 1.45. The van der Waals surface area contributed by atoms with E-state index in [1.807, 2.05) is 19.1 Å². The van der Waals surface area contributed by atoms with Crippen molar-refractivity contribution in [1.82, 2.24) is 15.1 Å². The Kier molecular flexibility index (Phi) is 8.95. The lowest BCUT2D eigenvalue weighted by atomic mass is 10.1. The van der Waals surface area contributed by atoms with Gasteiger partial charge in [-0.2, -0.15) is 5.10 Å². The molecular formula is C30H34F2N6O4S. The second kappa shape index (κ2) is 12.7. The van der Waals surface area contributed by atoms with Crippen LogP contribution >= 0.6 is 0 Å². The van der Waals surface area contributed by atoms with Crippen molar-refractivity contribution in [2.45, 2.75) is 29.2 Å². The molecule has 2 heterocycles. The fraction of sp³-hybridized carbons (Fsp3) is 0.333. The number of nitrogens with one attached hydrogen (secondary N) is 3. The highest BCUT2D eigenvalue weighted by Gasteiger charge is 2.23. The first-order valence-electron chi connectivity index (χ1n) is 13.9. The Morgan fingerprint density at radius 1 is 1.02 bits per heavy atom. The summed E-state index contributed by atoms with van der Waals surface area (Å²) in [4.78, 5) is 17.5. The molecule has 0 aliphatic carbocycles. The van der Waals surface area contributed by atoms with Crippen molar-refractivity contribution < 1.29 is 26.7 Å². The first-order valence-corrected chi connectivity index (χ1v) is 15.4. The monoisotopic (exact) mass is 612 g/mol. The van der Waals surface area contributed by atoms with Gasteiger partial charge >= 0.3 is 0 Å². The number of likely N-dealkylation sites (N-methyl/N-ethyl adjacent to an activating group) is 1. The zero-order chi connectivity index (χ0) is 30.7. The molecule has 3 N–H and O–H groups in total. The summed E-state index contributed by atoms with van der Waals surface area (Å²) in [7, 11) is -0.529. The van der Waals surface area contributed by atoms with Crippen LogP contribution in [0.1, 0.15) is 23.7 Å². The van der Waals surface area contributed by atoms with Crippen LogP contribution in [0.4, 0.5) is 26.0 Å². The maximum atomic E-state index is 13.8.